The van der Waals surface area contributed by atoms with Crippen LogP contribution in [0.4, 0.5) is 0 Å². The van der Waals surface area contributed by atoms with Gasteiger partial charge in [-0.15, -0.1) is 0 Å². The van der Waals surface area contributed by atoms with E-state index in [4.69, 9.17) is 14.8 Å². The molecule has 4 rings (SSSR count). The van der Waals surface area contributed by atoms with E-state index < -0.39 is 0 Å². The number of carbonyl (C=O) groups is 1. The number of methoxy groups -OCH3 is 1. The highest BCUT2D eigenvalue weighted by molar-refractivity contribution is 7.99. The van der Waals surface area contributed by atoms with Crippen LogP contribution >= 0.6 is 11.8 Å². The average molecular weight is 475 g/mol. The van der Waals surface area contributed by atoms with Crippen LogP contribution in [0.15, 0.2) is 65.7 Å². The van der Waals surface area contributed by atoms with Gasteiger partial charge in [0, 0.05) is 17.3 Å². The van der Waals surface area contributed by atoms with Gasteiger partial charge in [0.25, 0.3) is 0 Å². The monoisotopic (exact) mass is 474 g/mol. The largest absolute Gasteiger partial charge is 0.496 e. The van der Waals surface area contributed by atoms with Crippen molar-refractivity contribution in [1.82, 2.24) is 19.9 Å². The quantitative estimate of drug-likeness (QED) is 0.265. The van der Waals surface area contributed by atoms with Crippen LogP contribution in [-0.2, 0) is 11.2 Å². The van der Waals surface area contributed by atoms with Crippen LogP contribution in [-0.4, -0.2) is 39.4 Å². The Labute approximate surface area is 204 Å². The van der Waals surface area contributed by atoms with Crippen LogP contribution in [0.5, 0.6) is 5.75 Å². The van der Waals surface area contributed by atoms with Gasteiger partial charge in [-0.2, -0.15) is 5.10 Å². The predicted molar refractivity (Wildman–Crippen MR) is 138 cm³/mol. The second-order valence-electron chi connectivity index (χ2n) is 8.41. The predicted octanol–water partition coefficient (Wildman–Crippen LogP) is 5.25. The third-order valence-electron chi connectivity index (χ3n) is 5.70. The lowest BCUT2D eigenvalue weighted by atomic mass is 10.1. The first kappa shape index (κ1) is 23.8. The van der Waals surface area contributed by atoms with Crippen molar-refractivity contribution in [2.45, 2.75) is 44.7 Å². The minimum atomic E-state index is 0.0157. The number of hydrogen-bond acceptors (Lipinski definition) is 5. The average Bonchev–Trinajstić information content (AvgIpc) is 3.17. The van der Waals surface area contributed by atoms with Crippen LogP contribution in [0.3, 0.4) is 0 Å². The van der Waals surface area contributed by atoms with Gasteiger partial charge in [0.05, 0.1) is 24.1 Å². The molecule has 2 aromatic carbocycles. The van der Waals surface area contributed by atoms with E-state index in [1.54, 1.807) is 7.11 Å². The molecule has 2 aromatic heterocycles. The number of aromatic nitrogens is 3. The smallest absolute Gasteiger partial charge is 0.230 e. The van der Waals surface area contributed by atoms with Crippen molar-refractivity contribution in [3.8, 4) is 16.9 Å². The van der Waals surface area contributed by atoms with Crippen LogP contribution in [0, 0.1) is 13.8 Å². The zero-order chi connectivity index (χ0) is 24.1. The highest BCUT2D eigenvalue weighted by atomic mass is 32.2. The summed E-state index contributed by atoms with van der Waals surface area (Å²) in [7, 11) is 1.67. The first-order valence-corrected chi connectivity index (χ1v) is 12.4. The number of benzene rings is 2. The maximum Gasteiger partial charge on any atom is 0.230 e. The number of amides is 1. The molecular weight excluding hydrogens is 444 g/mol. The van der Waals surface area contributed by atoms with Crippen LogP contribution in [0.2, 0.25) is 0 Å². The molecule has 1 amide bonds. The number of nitrogens with one attached hydrogen (secondary N) is 1. The van der Waals surface area contributed by atoms with Crippen LogP contribution in [0.25, 0.3) is 16.8 Å². The molecule has 1 atom stereocenters. The van der Waals surface area contributed by atoms with Crippen molar-refractivity contribution in [3.05, 3.63) is 77.6 Å². The molecule has 0 radical (unpaired) electrons. The number of ether oxygens (including phenoxy) is 1. The molecule has 0 fully saturated rings. The van der Waals surface area contributed by atoms with Gasteiger partial charge in [-0.05, 0) is 51.3 Å². The fourth-order valence-corrected chi connectivity index (χ4v) is 4.90. The Morgan fingerprint density at radius 1 is 1.12 bits per heavy atom. The summed E-state index contributed by atoms with van der Waals surface area (Å²) >= 11 is 1.47. The van der Waals surface area contributed by atoms with E-state index in [0.717, 1.165) is 51.8 Å². The second-order valence-corrected chi connectivity index (χ2v) is 9.41. The van der Waals surface area contributed by atoms with Crippen LogP contribution < -0.4 is 10.1 Å². The number of para-hydroxylation sites is 1. The van der Waals surface area contributed by atoms with E-state index in [2.05, 4.69) is 24.4 Å². The molecule has 176 valence electrons. The summed E-state index contributed by atoms with van der Waals surface area (Å²) in [5.41, 5.74) is 5.69. The minimum absolute atomic E-state index is 0.0157. The molecule has 0 saturated carbocycles. The Kier molecular flexibility index (Phi) is 7.53. The van der Waals surface area contributed by atoms with Crippen molar-refractivity contribution in [3.63, 3.8) is 0 Å². The third kappa shape index (κ3) is 5.42. The van der Waals surface area contributed by atoms with Crippen molar-refractivity contribution in [2.75, 3.05) is 12.9 Å². The molecule has 6 nitrogen and oxygen atoms in total. The van der Waals surface area contributed by atoms with Crippen molar-refractivity contribution in [2.24, 2.45) is 0 Å². The van der Waals surface area contributed by atoms with Crippen molar-refractivity contribution >= 4 is 23.3 Å². The van der Waals surface area contributed by atoms with E-state index in [0.29, 0.717) is 5.75 Å². The molecule has 7 heteroatoms. The lowest BCUT2D eigenvalue weighted by Gasteiger charge is -2.14. The summed E-state index contributed by atoms with van der Waals surface area (Å²) in [5.74, 6) is 1.11. The third-order valence-corrected chi connectivity index (χ3v) is 6.70. The zero-order valence-corrected chi connectivity index (χ0v) is 20.9. The van der Waals surface area contributed by atoms with Crippen molar-refractivity contribution < 1.29 is 9.53 Å². The van der Waals surface area contributed by atoms with Gasteiger partial charge in [0.15, 0.2) is 5.65 Å². The fourth-order valence-electron chi connectivity index (χ4n) is 4.04. The van der Waals surface area contributed by atoms with Crippen LogP contribution in [0.1, 0.15) is 30.3 Å². The molecule has 0 spiro atoms. The summed E-state index contributed by atoms with van der Waals surface area (Å²) in [4.78, 5) is 17.4. The summed E-state index contributed by atoms with van der Waals surface area (Å²) in [6.07, 6.45) is 1.84. The zero-order valence-electron chi connectivity index (χ0n) is 20.0. The molecule has 0 unspecified atom stereocenters. The van der Waals surface area contributed by atoms with E-state index in [-0.39, 0.29) is 11.9 Å². The summed E-state index contributed by atoms with van der Waals surface area (Å²) in [6.45, 7) is 5.99. The maximum atomic E-state index is 12.6. The van der Waals surface area contributed by atoms with E-state index in [9.17, 15) is 4.79 Å². The maximum absolute atomic E-state index is 12.6. The Morgan fingerprint density at radius 3 is 2.62 bits per heavy atom. The molecule has 0 aliphatic heterocycles. The SMILES string of the molecule is COc1ccccc1-c1c(C)nn2c(SCC(=O)N[C@@H](C)CCc3ccccc3)cc(C)nc12. The molecular formula is C27H30N4O2S. The molecule has 4 aromatic rings. The Balaban J connectivity index is 1.48. The first-order valence-electron chi connectivity index (χ1n) is 11.4. The lowest BCUT2D eigenvalue weighted by Crippen LogP contribution is -2.34. The Hall–Kier alpha value is -3.32. The van der Waals surface area contributed by atoms with E-state index in [1.165, 1.54) is 17.3 Å². The highest BCUT2D eigenvalue weighted by Gasteiger charge is 2.19. The number of carbonyl (C=O) groups excluding carboxylic acids is 1. The lowest BCUT2D eigenvalue weighted by molar-refractivity contribution is -0.119. The normalized spacial score (nSPS) is 12.0. The number of thioether (sulfide) groups is 1. The summed E-state index contributed by atoms with van der Waals surface area (Å²) < 4.78 is 7.41. The fraction of sp³-hybridized carbons (Fsp3) is 0.296. The standard InChI is InChI=1S/C27H30N4O2S/c1-18(14-15-21-10-6-5-7-11-21)28-24(32)17-34-25-16-19(2)29-27-26(20(3)30-31(25)27)22-12-8-9-13-23(22)33-4/h5-13,16,18H,14-15,17H2,1-4H3,(H,28,32)/t18-/m0/s1. The molecule has 0 aliphatic rings. The van der Waals surface area contributed by atoms with Crippen molar-refractivity contribution in [1.29, 1.82) is 0 Å². The highest BCUT2D eigenvalue weighted by Crippen LogP contribution is 2.35. The molecule has 1 N–H and O–H groups in total. The Bertz CT molecular complexity index is 1290. The molecule has 0 aliphatic carbocycles. The first-order chi connectivity index (χ1) is 16.5. The van der Waals surface area contributed by atoms with Gasteiger partial charge < -0.3 is 10.1 Å². The van der Waals surface area contributed by atoms with Gasteiger partial charge in [0.1, 0.15) is 10.8 Å². The summed E-state index contributed by atoms with van der Waals surface area (Å²) in [5, 5.41) is 8.76. The molecule has 0 saturated heterocycles. The molecule has 0 bridgehead atoms. The number of nitrogens with zero attached hydrogens (tertiary/aromatic N) is 3. The van der Waals surface area contributed by atoms with Gasteiger partial charge >= 0.3 is 0 Å². The number of hydrogen-bond donors (Lipinski definition) is 1. The van der Waals surface area contributed by atoms with Gasteiger partial charge in [-0.25, -0.2) is 9.50 Å². The number of aryl methyl sites for hydroxylation is 3. The topological polar surface area (TPSA) is 68.5 Å². The Morgan fingerprint density at radius 2 is 1.85 bits per heavy atom. The van der Waals surface area contributed by atoms with Gasteiger partial charge in [-0.3, -0.25) is 4.79 Å². The van der Waals surface area contributed by atoms with Gasteiger partial charge in [0.2, 0.25) is 5.91 Å². The molecule has 34 heavy (non-hydrogen) atoms. The van der Waals surface area contributed by atoms with E-state index >= 15 is 0 Å². The minimum Gasteiger partial charge on any atom is -0.496 e. The second kappa shape index (κ2) is 10.7. The number of fused-ring (bicyclic) bond motifs is 1. The number of rotatable bonds is 9. The van der Waals surface area contributed by atoms with E-state index in [1.807, 2.05) is 66.9 Å². The summed E-state index contributed by atoms with van der Waals surface area (Å²) in [6, 6.07) is 20.3. The molecule has 2 heterocycles. The van der Waals surface area contributed by atoms with Gasteiger partial charge in [-0.1, -0.05) is 60.3 Å².